The van der Waals surface area contributed by atoms with Crippen molar-refractivity contribution < 1.29 is 39.3 Å². The Balaban J connectivity index is 1.61. The molecule has 5 rings (SSSR count). The number of hydrogen-bond acceptors (Lipinski definition) is 8. The minimum Gasteiger partial charge on any atom is -0.507 e. The van der Waals surface area contributed by atoms with E-state index in [9.17, 15) is 39.3 Å². The molecule has 3 unspecified atom stereocenters. The molecule has 0 radical (unpaired) electrons. The third kappa shape index (κ3) is 3.31. The molecule has 3 fully saturated rings. The highest BCUT2D eigenvalue weighted by atomic mass is 16.3. The summed E-state index contributed by atoms with van der Waals surface area (Å²) >= 11 is 0. The number of ketones is 4. The fraction of sp³-hybridized carbons (Fsp3) is 0.577. The number of Topliss-reactive ketones (excluding diaryl/α,β-unsaturated/α-hetero) is 4. The highest BCUT2D eigenvalue weighted by Crippen LogP contribution is 2.55. The van der Waals surface area contributed by atoms with Gasteiger partial charge >= 0.3 is 0 Å². The zero-order chi connectivity index (χ0) is 25.2. The van der Waals surface area contributed by atoms with Crippen LogP contribution in [0.25, 0.3) is 0 Å². The molecule has 4 aliphatic rings. The average molecular weight is 484 g/mol. The predicted molar refractivity (Wildman–Crippen MR) is 120 cm³/mol. The van der Waals surface area contributed by atoms with Gasteiger partial charge in [0.1, 0.15) is 5.75 Å². The highest BCUT2D eigenvalue weighted by Gasteiger charge is 2.70. The van der Waals surface area contributed by atoms with E-state index in [1.54, 1.807) is 12.1 Å². The van der Waals surface area contributed by atoms with Gasteiger partial charge in [0, 0.05) is 18.3 Å². The van der Waals surface area contributed by atoms with Crippen LogP contribution in [0.5, 0.6) is 5.75 Å². The van der Waals surface area contributed by atoms with Gasteiger partial charge in [0.15, 0.2) is 34.7 Å². The van der Waals surface area contributed by atoms with E-state index in [0.29, 0.717) is 17.9 Å². The molecule has 1 aromatic carbocycles. The van der Waals surface area contributed by atoms with Gasteiger partial charge in [-0.2, -0.15) is 0 Å². The summed E-state index contributed by atoms with van der Waals surface area (Å²) in [5.74, 6) is -11.8. The van der Waals surface area contributed by atoms with Gasteiger partial charge < -0.3 is 21.1 Å². The van der Waals surface area contributed by atoms with Gasteiger partial charge in [-0.3, -0.25) is 24.0 Å². The van der Waals surface area contributed by atoms with Gasteiger partial charge in [-0.25, -0.2) is 0 Å². The molecule has 186 valence electrons. The molecule has 9 heteroatoms. The quantitative estimate of drug-likeness (QED) is 0.456. The molecular formula is C26H29NO8. The molecule has 0 saturated heterocycles. The summed E-state index contributed by atoms with van der Waals surface area (Å²) in [6.45, 7) is 0. The number of carbonyl (C=O) groups excluding carboxylic acids is 5. The molecule has 4 aliphatic carbocycles. The topological polar surface area (TPSA) is 172 Å². The molecule has 9 nitrogen and oxygen atoms in total. The van der Waals surface area contributed by atoms with Crippen LogP contribution in [0.4, 0.5) is 0 Å². The van der Waals surface area contributed by atoms with Gasteiger partial charge in [0.25, 0.3) is 0 Å². The minimum atomic E-state index is -2.89. The number of phenols is 1. The molecule has 0 bridgehead atoms. The summed E-state index contributed by atoms with van der Waals surface area (Å²) < 4.78 is 0. The molecule has 0 spiro atoms. The van der Waals surface area contributed by atoms with Gasteiger partial charge in [-0.1, -0.05) is 37.8 Å². The fourth-order valence-corrected chi connectivity index (χ4v) is 7.19. The van der Waals surface area contributed by atoms with Gasteiger partial charge in [0.2, 0.25) is 5.91 Å². The lowest BCUT2D eigenvalue weighted by Crippen LogP contribution is -2.72. The lowest BCUT2D eigenvalue weighted by atomic mass is 9.50. The number of aliphatic hydroxyl groups is 2. The van der Waals surface area contributed by atoms with Crippen LogP contribution in [0.1, 0.15) is 66.8 Å². The standard InChI is InChI=1S/C26H29NO8/c27-25(34)19-16(29)10-14-21(30)18-13(9-8-11-4-1-2-5-11)12-6-3-7-15(28)17(12)22(31)20(18)24(33)26(14,35)23(19)32/h3,6-7,11,13-14,18-21,28,30,35H,1-2,4-5,8-10H2,(H2,27,34)/t13?,14-,18-,19?,20?,21-,26-/m1/s1. The second kappa shape index (κ2) is 8.34. The lowest BCUT2D eigenvalue weighted by Gasteiger charge is -2.53. The van der Waals surface area contributed by atoms with E-state index in [-0.39, 0.29) is 11.3 Å². The molecule has 1 amide bonds. The van der Waals surface area contributed by atoms with Crippen molar-refractivity contribution in [3.05, 3.63) is 29.3 Å². The van der Waals surface area contributed by atoms with Crippen molar-refractivity contribution in [3.63, 3.8) is 0 Å². The minimum absolute atomic E-state index is 0.0430. The number of primary amides is 1. The first kappa shape index (κ1) is 23.8. The maximum Gasteiger partial charge on any atom is 0.235 e. The number of nitrogens with two attached hydrogens (primary N) is 1. The predicted octanol–water partition coefficient (Wildman–Crippen LogP) is 0.809. The van der Waals surface area contributed by atoms with Crippen LogP contribution >= 0.6 is 0 Å². The summed E-state index contributed by atoms with van der Waals surface area (Å²) in [6.07, 6.45) is 3.66. The number of aliphatic hydroxyl groups excluding tert-OH is 1. The molecule has 0 heterocycles. The summed E-state index contributed by atoms with van der Waals surface area (Å²) in [7, 11) is 0. The van der Waals surface area contributed by atoms with E-state index in [1.807, 2.05) is 0 Å². The molecule has 5 N–H and O–H groups in total. The van der Waals surface area contributed by atoms with Crippen molar-refractivity contribution in [2.75, 3.05) is 0 Å². The van der Waals surface area contributed by atoms with Crippen LogP contribution < -0.4 is 5.73 Å². The summed E-state index contributed by atoms with van der Waals surface area (Å²) in [4.78, 5) is 64.8. The third-order valence-corrected chi connectivity index (χ3v) is 8.88. The molecule has 0 aromatic heterocycles. The smallest absolute Gasteiger partial charge is 0.235 e. The second-order valence-electron chi connectivity index (χ2n) is 10.6. The molecule has 3 saturated carbocycles. The first-order valence-corrected chi connectivity index (χ1v) is 12.3. The van der Waals surface area contributed by atoms with Crippen molar-refractivity contribution >= 4 is 29.0 Å². The van der Waals surface area contributed by atoms with E-state index in [2.05, 4.69) is 0 Å². The van der Waals surface area contributed by atoms with Crippen LogP contribution in [-0.2, 0) is 19.2 Å². The van der Waals surface area contributed by atoms with Crippen molar-refractivity contribution in [1.29, 1.82) is 0 Å². The van der Waals surface area contributed by atoms with Crippen LogP contribution in [0.3, 0.4) is 0 Å². The summed E-state index contributed by atoms with van der Waals surface area (Å²) in [5.41, 5.74) is 2.80. The zero-order valence-corrected chi connectivity index (χ0v) is 19.2. The van der Waals surface area contributed by atoms with E-state index in [0.717, 1.165) is 32.1 Å². The summed E-state index contributed by atoms with van der Waals surface area (Å²) in [5, 5.41) is 33.4. The van der Waals surface area contributed by atoms with E-state index >= 15 is 0 Å². The number of fused-ring (bicyclic) bond motifs is 3. The molecule has 1 aromatic rings. The zero-order valence-electron chi connectivity index (χ0n) is 19.2. The van der Waals surface area contributed by atoms with Crippen molar-refractivity contribution in [3.8, 4) is 5.75 Å². The number of amides is 1. The number of rotatable bonds is 4. The third-order valence-electron chi connectivity index (χ3n) is 8.88. The fourth-order valence-electron chi connectivity index (χ4n) is 7.19. The van der Waals surface area contributed by atoms with Gasteiger partial charge in [-0.15, -0.1) is 0 Å². The second-order valence-corrected chi connectivity index (χ2v) is 10.6. The van der Waals surface area contributed by atoms with Crippen molar-refractivity contribution in [1.82, 2.24) is 0 Å². The number of hydrogen-bond donors (Lipinski definition) is 4. The van der Waals surface area contributed by atoms with Crippen molar-refractivity contribution in [2.45, 2.75) is 62.6 Å². The van der Waals surface area contributed by atoms with E-state index in [4.69, 9.17) is 5.73 Å². The normalized spacial score (nSPS) is 37.1. The Hall–Kier alpha value is -2.91. The summed E-state index contributed by atoms with van der Waals surface area (Å²) in [6, 6.07) is 4.63. The van der Waals surface area contributed by atoms with Crippen LogP contribution in [0, 0.1) is 29.6 Å². The number of phenolic OH excluding ortho intramolecular Hbond substituents is 1. The number of benzene rings is 1. The molecular weight excluding hydrogens is 454 g/mol. The Morgan fingerprint density at radius 3 is 2.40 bits per heavy atom. The lowest BCUT2D eigenvalue weighted by molar-refractivity contribution is -0.189. The molecule has 0 aliphatic heterocycles. The Morgan fingerprint density at radius 2 is 1.74 bits per heavy atom. The Labute approximate surface area is 201 Å². The van der Waals surface area contributed by atoms with Gasteiger partial charge in [0.05, 0.1) is 17.6 Å². The monoisotopic (exact) mass is 483 g/mol. The van der Waals surface area contributed by atoms with Crippen LogP contribution in [0.15, 0.2) is 18.2 Å². The highest BCUT2D eigenvalue weighted by molar-refractivity contribution is 6.31. The van der Waals surface area contributed by atoms with Crippen LogP contribution in [0.2, 0.25) is 0 Å². The number of aromatic hydroxyl groups is 1. The van der Waals surface area contributed by atoms with Crippen molar-refractivity contribution in [2.24, 2.45) is 35.3 Å². The average Bonchev–Trinajstić information content (AvgIpc) is 3.32. The molecule has 35 heavy (non-hydrogen) atoms. The number of carbonyl (C=O) groups is 5. The Morgan fingerprint density at radius 1 is 1.06 bits per heavy atom. The largest absolute Gasteiger partial charge is 0.507 e. The molecule has 7 atom stereocenters. The Bertz CT molecular complexity index is 1140. The maximum absolute atomic E-state index is 13.7. The SMILES string of the molecule is NC(=O)C1C(=O)C[C@@H]2[C@@H](O)[C@H]3C(C(=O)c4c(O)cccc4C3CCC3CCCC3)C(=O)[C@]2(O)C1=O. The van der Waals surface area contributed by atoms with E-state index in [1.165, 1.54) is 6.07 Å². The maximum atomic E-state index is 13.7. The Kier molecular flexibility index (Phi) is 5.68. The van der Waals surface area contributed by atoms with E-state index < -0.39 is 76.8 Å². The first-order chi connectivity index (χ1) is 16.6. The van der Waals surface area contributed by atoms with Gasteiger partial charge in [-0.05, 0) is 36.3 Å². The first-order valence-electron chi connectivity index (χ1n) is 12.3. The van der Waals surface area contributed by atoms with Crippen LogP contribution in [-0.4, -0.2) is 56.1 Å².